The number of nitrogens with one attached hydrogen (secondary N) is 1. The van der Waals surface area contributed by atoms with E-state index in [0.717, 1.165) is 5.56 Å². The van der Waals surface area contributed by atoms with E-state index in [-0.39, 0.29) is 12.3 Å². The fourth-order valence-corrected chi connectivity index (χ4v) is 2.28. The van der Waals surface area contributed by atoms with Crippen molar-refractivity contribution in [1.29, 1.82) is 0 Å². The molecule has 2 N–H and O–H groups in total. The lowest BCUT2D eigenvalue weighted by Gasteiger charge is -2.09. The summed E-state index contributed by atoms with van der Waals surface area (Å²) in [7, 11) is 0. The Bertz CT molecular complexity index is 690. The van der Waals surface area contributed by atoms with Crippen molar-refractivity contribution < 1.29 is 14.7 Å². The third kappa shape index (κ3) is 4.95. The standard InChI is InChI=1S/C19H21NO3/c1-13(2)15-7-9-16(10-8-15)19(23)20-17-5-3-4-14(12-17)6-11-18(21)22/h3-5,7-10,12-13H,6,11H2,1-2H3,(H,20,23)(H,21,22). The third-order valence-electron chi connectivity index (χ3n) is 3.65. The number of hydrogen-bond donors (Lipinski definition) is 2. The van der Waals surface area contributed by atoms with Gasteiger partial charge in [0, 0.05) is 17.7 Å². The molecule has 2 rings (SSSR count). The Morgan fingerprint density at radius 2 is 1.78 bits per heavy atom. The van der Waals surface area contributed by atoms with Crippen molar-refractivity contribution >= 4 is 17.6 Å². The van der Waals surface area contributed by atoms with Crippen LogP contribution in [-0.2, 0) is 11.2 Å². The van der Waals surface area contributed by atoms with Crippen LogP contribution in [0.25, 0.3) is 0 Å². The molecule has 23 heavy (non-hydrogen) atoms. The van der Waals surface area contributed by atoms with E-state index < -0.39 is 5.97 Å². The van der Waals surface area contributed by atoms with E-state index in [9.17, 15) is 9.59 Å². The zero-order chi connectivity index (χ0) is 16.8. The number of hydrogen-bond acceptors (Lipinski definition) is 2. The van der Waals surface area contributed by atoms with E-state index in [1.54, 1.807) is 6.07 Å². The van der Waals surface area contributed by atoms with Crippen molar-refractivity contribution in [1.82, 2.24) is 0 Å². The molecule has 2 aromatic carbocycles. The lowest BCUT2D eigenvalue weighted by molar-refractivity contribution is -0.136. The van der Waals surface area contributed by atoms with E-state index in [1.807, 2.05) is 42.5 Å². The van der Waals surface area contributed by atoms with Gasteiger partial charge in [-0.2, -0.15) is 0 Å². The number of anilines is 1. The Labute approximate surface area is 136 Å². The number of carboxylic acids is 1. The fourth-order valence-electron chi connectivity index (χ4n) is 2.28. The molecule has 0 aliphatic carbocycles. The average molecular weight is 311 g/mol. The molecule has 0 bridgehead atoms. The second-order valence-corrected chi connectivity index (χ2v) is 5.82. The topological polar surface area (TPSA) is 66.4 Å². The van der Waals surface area contributed by atoms with Crippen molar-refractivity contribution in [2.24, 2.45) is 0 Å². The van der Waals surface area contributed by atoms with Crippen molar-refractivity contribution in [3.63, 3.8) is 0 Å². The second kappa shape index (κ2) is 7.58. The van der Waals surface area contributed by atoms with Gasteiger partial charge in [-0.05, 0) is 47.7 Å². The van der Waals surface area contributed by atoms with Gasteiger partial charge in [0.1, 0.15) is 0 Å². The Hall–Kier alpha value is -2.62. The van der Waals surface area contributed by atoms with Crippen LogP contribution in [0, 0.1) is 0 Å². The summed E-state index contributed by atoms with van der Waals surface area (Å²) in [4.78, 5) is 22.9. The Morgan fingerprint density at radius 1 is 1.09 bits per heavy atom. The van der Waals surface area contributed by atoms with Gasteiger partial charge < -0.3 is 10.4 Å². The smallest absolute Gasteiger partial charge is 0.303 e. The molecule has 4 heteroatoms. The molecule has 0 aromatic heterocycles. The summed E-state index contributed by atoms with van der Waals surface area (Å²) in [6.07, 6.45) is 0.524. The van der Waals surface area contributed by atoms with Gasteiger partial charge in [0.15, 0.2) is 0 Å². The minimum absolute atomic E-state index is 0.0774. The van der Waals surface area contributed by atoms with E-state index in [1.165, 1.54) is 5.56 Å². The van der Waals surface area contributed by atoms with Gasteiger partial charge in [0.25, 0.3) is 5.91 Å². The zero-order valence-electron chi connectivity index (χ0n) is 13.4. The lowest BCUT2D eigenvalue weighted by Crippen LogP contribution is -2.12. The number of carbonyl (C=O) groups excluding carboxylic acids is 1. The zero-order valence-corrected chi connectivity index (χ0v) is 13.4. The Balaban J connectivity index is 2.04. The van der Waals surface area contributed by atoms with Crippen LogP contribution in [0.3, 0.4) is 0 Å². The fraction of sp³-hybridized carbons (Fsp3) is 0.263. The molecule has 0 radical (unpaired) electrons. The monoisotopic (exact) mass is 311 g/mol. The first kappa shape index (κ1) is 16.7. The Kier molecular flexibility index (Phi) is 5.52. The maximum Gasteiger partial charge on any atom is 0.303 e. The molecule has 0 atom stereocenters. The predicted octanol–water partition coefficient (Wildman–Crippen LogP) is 4.08. The van der Waals surface area contributed by atoms with E-state index in [4.69, 9.17) is 5.11 Å². The SMILES string of the molecule is CC(C)c1ccc(C(=O)Nc2cccc(CCC(=O)O)c2)cc1. The quantitative estimate of drug-likeness (QED) is 0.844. The van der Waals surface area contributed by atoms with Crippen molar-refractivity contribution in [2.75, 3.05) is 5.32 Å². The van der Waals surface area contributed by atoms with Gasteiger partial charge >= 0.3 is 5.97 Å². The molecule has 0 spiro atoms. The number of carbonyl (C=O) groups is 2. The predicted molar refractivity (Wildman–Crippen MR) is 90.9 cm³/mol. The van der Waals surface area contributed by atoms with Gasteiger partial charge in [0.05, 0.1) is 0 Å². The number of aryl methyl sites for hydroxylation is 1. The summed E-state index contributed by atoms with van der Waals surface area (Å²) in [5.74, 6) is -0.571. The molecule has 0 aliphatic rings. The molecule has 1 amide bonds. The molecule has 0 unspecified atom stereocenters. The highest BCUT2D eigenvalue weighted by Gasteiger charge is 2.08. The summed E-state index contributed by atoms with van der Waals surface area (Å²) >= 11 is 0. The van der Waals surface area contributed by atoms with E-state index >= 15 is 0 Å². The molecule has 0 fully saturated rings. The summed E-state index contributed by atoms with van der Waals surface area (Å²) < 4.78 is 0. The molecule has 2 aromatic rings. The summed E-state index contributed by atoms with van der Waals surface area (Å²) in [6, 6.07) is 14.8. The molecular weight excluding hydrogens is 290 g/mol. The first-order valence-corrected chi connectivity index (χ1v) is 7.68. The van der Waals surface area contributed by atoms with E-state index in [2.05, 4.69) is 19.2 Å². The maximum absolute atomic E-state index is 12.3. The summed E-state index contributed by atoms with van der Waals surface area (Å²) in [6.45, 7) is 4.22. The maximum atomic E-state index is 12.3. The molecule has 0 aliphatic heterocycles. The van der Waals surface area contributed by atoms with Crippen LogP contribution in [-0.4, -0.2) is 17.0 Å². The molecule has 0 heterocycles. The molecular formula is C19H21NO3. The number of benzene rings is 2. The Morgan fingerprint density at radius 3 is 2.39 bits per heavy atom. The van der Waals surface area contributed by atoms with E-state index in [0.29, 0.717) is 23.6 Å². The highest BCUT2D eigenvalue weighted by Crippen LogP contribution is 2.17. The lowest BCUT2D eigenvalue weighted by atomic mass is 10.0. The number of aliphatic carboxylic acids is 1. The minimum atomic E-state index is -0.829. The molecule has 4 nitrogen and oxygen atoms in total. The highest BCUT2D eigenvalue weighted by molar-refractivity contribution is 6.04. The highest BCUT2D eigenvalue weighted by atomic mass is 16.4. The average Bonchev–Trinajstić information content (AvgIpc) is 2.53. The van der Waals surface area contributed by atoms with Gasteiger partial charge in [-0.25, -0.2) is 0 Å². The number of amides is 1. The van der Waals surface area contributed by atoms with Crippen LogP contribution in [0.4, 0.5) is 5.69 Å². The van der Waals surface area contributed by atoms with Crippen LogP contribution < -0.4 is 5.32 Å². The van der Waals surface area contributed by atoms with Crippen molar-refractivity contribution in [3.05, 3.63) is 65.2 Å². The number of carboxylic acid groups (broad SMARTS) is 1. The van der Waals surface area contributed by atoms with Crippen LogP contribution in [0.2, 0.25) is 0 Å². The largest absolute Gasteiger partial charge is 0.481 e. The number of rotatable bonds is 6. The molecule has 120 valence electrons. The van der Waals surface area contributed by atoms with Crippen LogP contribution in [0.15, 0.2) is 48.5 Å². The van der Waals surface area contributed by atoms with Gasteiger partial charge in [-0.1, -0.05) is 38.1 Å². The van der Waals surface area contributed by atoms with Crippen molar-refractivity contribution in [3.8, 4) is 0 Å². The first-order valence-electron chi connectivity index (χ1n) is 7.68. The van der Waals surface area contributed by atoms with Crippen LogP contribution >= 0.6 is 0 Å². The van der Waals surface area contributed by atoms with Crippen LogP contribution in [0.1, 0.15) is 47.7 Å². The van der Waals surface area contributed by atoms with Crippen molar-refractivity contribution in [2.45, 2.75) is 32.6 Å². The first-order chi connectivity index (χ1) is 11.0. The normalized spacial score (nSPS) is 10.6. The second-order valence-electron chi connectivity index (χ2n) is 5.82. The minimum Gasteiger partial charge on any atom is -0.481 e. The summed E-state index contributed by atoms with van der Waals surface area (Å²) in [5.41, 5.74) is 3.36. The van der Waals surface area contributed by atoms with Gasteiger partial charge in [-0.15, -0.1) is 0 Å². The molecule has 0 saturated carbocycles. The summed E-state index contributed by atoms with van der Waals surface area (Å²) in [5, 5.41) is 11.6. The third-order valence-corrected chi connectivity index (χ3v) is 3.65. The van der Waals surface area contributed by atoms with Gasteiger partial charge in [0.2, 0.25) is 0 Å². The molecule has 0 saturated heterocycles. The van der Waals surface area contributed by atoms with Gasteiger partial charge in [-0.3, -0.25) is 9.59 Å². The van der Waals surface area contributed by atoms with Crippen LogP contribution in [0.5, 0.6) is 0 Å².